The van der Waals surface area contributed by atoms with E-state index < -0.39 is 89.8 Å². The van der Waals surface area contributed by atoms with Crippen LogP contribution in [-0.2, 0) is 36.8 Å². The lowest BCUT2D eigenvalue weighted by Gasteiger charge is -2.39. The van der Waals surface area contributed by atoms with Gasteiger partial charge in [0.15, 0.2) is 18.3 Å². The second-order valence-corrected chi connectivity index (χ2v) is 11.0. The van der Waals surface area contributed by atoms with Crippen LogP contribution < -0.4 is 11.2 Å². The van der Waals surface area contributed by atoms with Gasteiger partial charge in [-0.15, -0.1) is 0 Å². The molecule has 0 saturated carbocycles. The molecule has 218 valence electrons. The van der Waals surface area contributed by atoms with E-state index in [1.54, 1.807) is 0 Å². The average Bonchev–Trinajstić information content (AvgIpc) is 3.11. The summed E-state index contributed by atoms with van der Waals surface area (Å²) >= 11 is 0. The smallest absolute Gasteiger partial charge is 0.394 e. The molecule has 2 aliphatic heterocycles. The average molecular weight is 595 g/mol. The molecule has 20 nitrogen and oxygen atoms in total. The van der Waals surface area contributed by atoms with Gasteiger partial charge in [0.2, 0.25) is 0 Å². The number of rotatable bonds is 11. The van der Waals surface area contributed by atoms with E-state index in [1.165, 1.54) is 13.2 Å². The Morgan fingerprint density at radius 3 is 2.26 bits per heavy atom. The lowest BCUT2D eigenvalue weighted by atomic mass is 10.00. The molecule has 2 unspecified atom stereocenters. The van der Waals surface area contributed by atoms with Crippen molar-refractivity contribution < 1.29 is 77.2 Å². The Labute approximate surface area is 212 Å². The van der Waals surface area contributed by atoms with Gasteiger partial charge in [0.25, 0.3) is 0 Å². The first-order valence-electron chi connectivity index (χ1n) is 10.6. The summed E-state index contributed by atoms with van der Waals surface area (Å²) in [5.74, 6) is 0.0272. The van der Waals surface area contributed by atoms with E-state index in [0.717, 1.165) is 10.8 Å². The minimum absolute atomic E-state index is 0.0272. The Morgan fingerprint density at radius 2 is 1.66 bits per heavy atom. The van der Waals surface area contributed by atoms with Crippen molar-refractivity contribution in [3.8, 4) is 0 Å². The monoisotopic (exact) mass is 595 g/mol. The quantitative estimate of drug-likeness (QED) is 0.0867. The number of nitrogens with zero attached hydrogens (tertiary/aromatic N) is 2. The van der Waals surface area contributed by atoms with Crippen molar-refractivity contribution in [3.63, 3.8) is 0 Å². The molecule has 2 saturated heterocycles. The summed E-state index contributed by atoms with van der Waals surface area (Å²) in [7, 11) is -9.79. The number of aliphatic hydroxyl groups excluding tert-OH is 6. The van der Waals surface area contributed by atoms with E-state index in [9.17, 15) is 49.2 Å². The summed E-state index contributed by atoms with van der Waals surface area (Å²) in [5, 5.41) is 58.9. The molecule has 3 heterocycles. The van der Waals surface area contributed by atoms with Crippen molar-refractivity contribution in [3.05, 3.63) is 22.7 Å². The van der Waals surface area contributed by atoms with Crippen molar-refractivity contribution in [1.82, 2.24) is 9.55 Å². The van der Waals surface area contributed by atoms with Crippen LogP contribution in [0.5, 0.6) is 0 Å². The number of aliphatic hydroxyl groups is 6. The summed E-state index contributed by atoms with van der Waals surface area (Å²) < 4.78 is 48.5. The molecule has 2 fully saturated rings. The van der Waals surface area contributed by atoms with Crippen molar-refractivity contribution in [2.24, 2.45) is 0 Å². The Balaban J connectivity index is 1.61. The third-order valence-corrected chi connectivity index (χ3v) is 7.94. The molecule has 11 atom stereocenters. The lowest BCUT2D eigenvalue weighted by molar-refractivity contribution is -0.280. The van der Waals surface area contributed by atoms with Gasteiger partial charge in [0.1, 0.15) is 42.7 Å². The molecule has 1 aromatic heterocycles. The van der Waals surface area contributed by atoms with E-state index in [0.29, 0.717) is 0 Å². The predicted octanol–water partition coefficient (Wildman–Crippen LogP) is -4.11. The maximum Gasteiger partial charge on any atom is 0.483 e. The first-order chi connectivity index (χ1) is 17.7. The Kier molecular flexibility index (Phi) is 10.2. The molecule has 3 rings (SSSR count). The number of hydrogen-bond donors (Lipinski definition) is 9. The summed E-state index contributed by atoms with van der Waals surface area (Å²) in [6.45, 7) is -1.90. The Hall–Kier alpha value is -1.42. The van der Waals surface area contributed by atoms with Crippen LogP contribution in [0.3, 0.4) is 0 Å². The maximum atomic E-state index is 12.2. The predicted molar refractivity (Wildman–Crippen MR) is 117 cm³/mol. The van der Waals surface area contributed by atoms with E-state index in [-0.39, 0.29) is 5.82 Å². The van der Waals surface area contributed by atoms with Gasteiger partial charge >= 0.3 is 21.3 Å². The first-order valence-corrected chi connectivity index (χ1v) is 13.6. The first kappa shape index (κ1) is 31.1. The third-order valence-electron chi connectivity index (χ3n) is 5.34. The second kappa shape index (κ2) is 12.4. The summed E-state index contributed by atoms with van der Waals surface area (Å²) in [6.07, 6.45) is -15.0. The topological polar surface area (TPSA) is 298 Å². The molecule has 0 aliphatic carbocycles. The van der Waals surface area contributed by atoms with E-state index in [4.69, 9.17) is 14.6 Å². The number of hydrogen-bond acceptors (Lipinski definition) is 17. The standard InChI is InChI=1S/C16H27N3O17P2/c1-31-18-8-2-3-19(16(26)17-8)14-12(24)10(22)7(33-14)5-32-37(27,28)36-38(29,30)35-15-13(25)11(23)9(21)6(4-20)34-15/h2-3,6-7,9-15,20-25H,4-5H2,1H3,(H,27,28)(H,29,30)(H,17,18,26)/t6-,7-,9-,10-,11+,12-,13-,14-,15-/m1/s1. The Bertz CT molecular complexity index is 1110. The van der Waals surface area contributed by atoms with Crippen LogP contribution >= 0.6 is 15.6 Å². The molecule has 0 aromatic carbocycles. The number of anilines is 1. The highest BCUT2D eigenvalue weighted by atomic mass is 31.3. The number of phosphoric ester groups is 2. The van der Waals surface area contributed by atoms with Gasteiger partial charge in [-0.2, -0.15) is 9.29 Å². The highest BCUT2D eigenvalue weighted by Crippen LogP contribution is 2.61. The van der Waals surface area contributed by atoms with Crippen LogP contribution in [0.1, 0.15) is 6.23 Å². The molecule has 38 heavy (non-hydrogen) atoms. The highest BCUT2D eigenvalue weighted by Gasteiger charge is 2.49. The van der Waals surface area contributed by atoms with Crippen LogP contribution in [0.25, 0.3) is 0 Å². The molecule has 22 heteroatoms. The zero-order chi connectivity index (χ0) is 28.4. The number of ether oxygens (including phenoxy) is 2. The highest BCUT2D eigenvalue weighted by molar-refractivity contribution is 7.61. The minimum Gasteiger partial charge on any atom is -0.394 e. The molecular weight excluding hydrogens is 568 g/mol. The van der Waals surface area contributed by atoms with Gasteiger partial charge < -0.3 is 49.9 Å². The van der Waals surface area contributed by atoms with Crippen molar-refractivity contribution in [1.29, 1.82) is 0 Å². The van der Waals surface area contributed by atoms with Gasteiger partial charge in [-0.3, -0.25) is 18.5 Å². The minimum atomic E-state index is -5.59. The Morgan fingerprint density at radius 1 is 1.00 bits per heavy atom. The maximum absolute atomic E-state index is 12.2. The zero-order valence-electron chi connectivity index (χ0n) is 19.3. The van der Waals surface area contributed by atoms with Crippen LogP contribution in [0.15, 0.2) is 17.1 Å². The normalized spacial score (nSPS) is 36.9. The summed E-state index contributed by atoms with van der Waals surface area (Å²) in [6, 6.07) is 1.28. The van der Waals surface area contributed by atoms with Crippen LogP contribution in [0.2, 0.25) is 0 Å². The number of phosphoric acid groups is 2. The van der Waals surface area contributed by atoms with Gasteiger partial charge in [-0.25, -0.2) is 19.4 Å². The summed E-state index contributed by atoms with van der Waals surface area (Å²) in [4.78, 5) is 40.1. The summed E-state index contributed by atoms with van der Waals surface area (Å²) in [5.41, 5.74) is 1.38. The zero-order valence-corrected chi connectivity index (χ0v) is 21.1. The molecule has 0 amide bonds. The van der Waals surface area contributed by atoms with E-state index >= 15 is 0 Å². The van der Waals surface area contributed by atoms with Crippen LogP contribution in [0.4, 0.5) is 5.82 Å². The van der Waals surface area contributed by atoms with Crippen molar-refractivity contribution in [2.75, 3.05) is 25.8 Å². The van der Waals surface area contributed by atoms with Gasteiger partial charge in [-0.05, 0) is 6.07 Å². The van der Waals surface area contributed by atoms with Crippen molar-refractivity contribution >= 4 is 21.5 Å². The largest absolute Gasteiger partial charge is 0.483 e. The number of aromatic nitrogens is 2. The van der Waals surface area contributed by atoms with Crippen LogP contribution in [-0.4, -0.2) is 119 Å². The fraction of sp³-hybridized carbons (Fsp3) is 0.750. The number of nitrogens with one attached hydrogen (secondary N) is 1. The lowest BCUT2D eigenvalue weighted by Crippen LogP contribution is -2.58. The van der Waals surface area contributed by atoms with Crippen LogP contribution in [0, 0.1) is 0 Å². The molecule has 0 bridgehead atoms. The molecule has 2 aliphatic rings. The molecule has 1 aromatic rings. The third kappa shape index (κ3) is 7.20. The van der Waals surface area contributed by atoms with Crippen molar-refractivity contribution in [2.45, 2.75) is 55.2 Å². The van der Waals surface area contributed by atoms with Gasteiger partial charge in [0.05, 0.1) is 20.3 Å². The van der Waals surface area contributed by atoms with Gasteiger partial charge in [0, 0.05) is 6.20 Å². The fourth-order valence-electron chi connectivity index (χ4n) is 3.49. The second-order valence-electron chi connectivity index (χ2n) is 7.97. The molecule has 9 N–H and O–H groups in total. The molecular formula is C16H27N3O17P2. The molecule has 0 radical (unpaired) electrons. The SMILES string of the molecule is CONc1ccn([C@@H]2O[C@H](COP(=O)(O)OP(=O)(O)O[C@H]3O[C@H](CO)[C@@H](O)[C@H](O)[C@H]3O)[C@@H](O)[C@H]2O)c(=O)n1. The molecule has 0 spiro atoms. The van der Waals surface area contributed by atoms with Gasteiger partial charge in [-0.1, -0.05) is 0 Å². The fourth-order valence-corrected chi connectivity index (χ4v) is 5.65. The van der Waals surface area contributed by atoms with E-state index in [1.807, 2.05) is 0 Å². The van der Waals surface area contributed by atoms with E-state index in [2.05, 4.69) is 28.7 Å².